The Balaban J connectivity index is 2.32. The van der Waals surface area contributed by atoms with Crippen LogP contribution in [0.2, 0.25) is 0 Å². The van der Waals surface area contributed by atoms with Crippen LogP contribution in [0.5, 0.6) is 11.5 Å². The summed E-state index contributed by atoms with van der Waals surface area (Å²) in [5, 5.41) is 19.1. The number of carbonyl (C=O) groups is 2. The van der Waals surface area contributed by atoms with E-state index in [0.717, 1.165) is 11.8 Å². The Morgan fingerprint density at radius 2 is 2.12 bits per heavy atom. The monoisotopic (exact) mass is 381 g/mol. The predicted molar refractivity (Wildman–Crippen MR) is 101 cm³/mol. The van der Waals surface area contributed by atoms with Gasteiger partial charge in [0.2, 0.25) is 0 Å². The van der Waals surface area contributed by atoms with Crippen LogP contribution in [0.25, 0.3) is 6.08 Å². The van der Waals surface area contributed by atoms with Crippen molar-refractivity contribution in [3.8, 4) is 11.5 Å². The summed E-state index contributed by atoms with van der Waals surface area (Å²) in [5.41, 5.74) is 0.644. The Morgan fingerprint density at radius 3 is 2.68 bits per heavy atom. The molecule has 0 bridgehead atoms. The van der Waals surface area contributed by atoms with Crippen LogP contribution in [0.15, 0.2) is 23.1 Å². The van der Waals surface area contributed by atoms with Gasteiger partial charge in [-0.05, 0) is 36.1 Å². The molecule has 1 aromatic rings. The molecule has 1 atom stereocenters. The van der Waals surface area contributed by atoms with Gasteiger partial charge in [-0.1, -0.05) is 43.9 Å². The maximum atomic E-state index is 12.7. The highest BCUT2D eigenvalue weighted by Gasteiger charge is 2.40. The van der Waals surface area contributed by atoms with E-state index in [1.807, 2.05) is 13.8 Å². The maximum Gasteiger partial charge on any atom is 0.326 e. The molecule has 0 aliphatic carbocycles. The number of phenolic OH excluding ortho intramolecular Hbond substituents is 1. The molecule has 1 heterocycles. The fourth-order valence-electron chi connectivity index (χ4n) is 2.45. The number of methoxy groups -OCH3 is 1. The van der Waals surface area contributed by atoms with E-state index in [9.17, 15) is 19.8 Å². The second-order valence-electron chi connectivity index (χ2n) is 5.97. The number of hydrogen-bond acceptors (Lipinski definition) is 6. The van der Waals surface area contributed by atoms with Gasteiger partial charge in [-0.2, -0.15) is 0 Å². The van der Waals surface area contributed by atoms with Crippen molar-refractivity contribution in [3.63, 3.8) is 0 Å². The van der Waals surface area contributed by atoms with Crippen LogP contribution in [-0.2, 0) is 9.59 Å². The summed E-state index contributed by atoms with van der Waals surface area (Å²) in [5.74, 6) is -1.11. The third kappa shape index (κ3) is 4.32. The Bertz CT molecular complexity index is 745. The largest absolute Gasteiger partial charge is 0.504 e. The van der Waals surface area contributed by atoms with Crippen LogP contribution in [0.1, 0.15) is 25.8 Å². The number of thiocarbonyl (C=S) groups is 1. The molecular formula is C17H19NO5S2. The summed E-state index contributed by atoms with van der Waals surface area (Å²) >= 11 is 6.30. The van der Waals surface area contributed by atoms with Gasteiger partial charge < -0.3 is 14.9 Å². The number of amides is 1. The van der Waals surface area contributed by atoms with Gasteiger partial charge in [0.1, 0.15) is 10.4 Å². The fourth-order valence-corrected chi connectivity index (χ4v) is 3.80. The standard InChI is InChI=1S/C17H19NO5S2/c1-9(2)6-11(16(21)22)18-15(20)14(25-17(18)24)8-10-4-5-12(19)13(7-10)23-3/h4-5,7-9,11,19H,6H2,1-3H3,(H,21,22)/b14-8-. The van der Waals surface area contributed by atoms with Crippen LogP contribution >= 0.6 is 24.0 Å². The molecule has 0 spiro atoms. The Kier molecular flexibility index (Phi) is 6.07. The lowest BCUT2D eigenvalue weighted by atomic mass is 10.0. The van der Waals surface area contributed by atoms with E-state index in [-0.39, 0.29) is 21.7 Å². The average Bonchev–Trinajstić information content (AvgIpc) is 2.80. The molecule has 2 rings (SSSR count). The smallest absolute Gasteiger partial charge is 0.326 e. The number of ether oxygens (including phenoxy) is 1. The minimum Gasteiger partial charge on any atom is -0.504 e. The maximum absolute atomic E-state index is 12.7. The number of thioether (sulfide) groups is 1. The minimum absolute atomic E-state index is 0.00456. The molecule has 1 saturated heterocycles. The molecule has 0 radical (unpaired) electrons. The molecule has 1 aliphatic heterocycles. The van der Waals surface area contributed by atoms with Crippen LogP contribution in [-0.4, -0.2) is 44.5 Å². The quantitative estimate of drug-likeness (QED) is 0.578. The molecule has 0 saturated carbocycles. The molecule has 2 N–H and O–H groups in total. The lowest BCUT2D eigenvalue weighted by Gasteiger charge is -2.24. The summed E-state index contributed by atoms with van der Waals surface area (Å²) < 4.78 is 5.28. The first-order chi connectivity index (χ1) is 11.7. The van der Waals surface area contributed by atoms with Gasteiger partial charge in [0.25, 0.3) is 5.91 Å². The van der Waals surface area contributed by atoms with Crippen LogP contribution < -0.4 is 4.74 Å². The van der Waals surface area contributed by atoms with Crippen molar-refractivity contribution in [2.24, 2.45) is 5.92 Å². The van der Waals surface area contributed by atoms with Crippen molar-refractivity contribution < 1.29 is 24.5 Å². The Hall–Kier alpha value is -2.06. The number of phenols is 1. The summed E-state index contributed by atoms with van der Waals surface area (Å²) in [6.07, 6.45) is 1.93. The summed E-state index contributed by atoms with van der Waals surface area (Å²) in [4.78, 5) is 25.8. The lowest BCUT2D eigenvalue weighted by Crippen LogP contribution is -2.44. The number of hydrogen-bond donors (Lipinski definition) is 2. The van der Waals surface area contributed by atoms with Crippen molar-refractivity contribution in [3.05, 3.63) is 28.7 Å². The van der Waals surface area contributed by atoms with Crippen LogP contribution in [0, 0.1) is 5.92 Å². The first-order valence-corrected chi connectivity index (χ1v) is 8.84. The topological polar surface area (TPSA) is 87.1 Å². The van der Waals surface area contributed by atoms with Gasteiger partial charge in [-0.15, -0.1) is 0 Å². The number of carboxylic acid groups (broad SMARTS) is 1. The van der Waals surface area contributed by atoms with Crippen LogP contribution in [0.3, 0.4) is 0 Å². The Labute approximate surface area is 155 Å². The summed E-state index contributed by atoms with van der Waals surface area (Å²) in [7, 11) is 1.43. The van der Waals surface area contributed by atoms with E-state index in [0.29, 0.717) is 16.9 Å². The van der Waals surface area contributed by atoms with E-state index in [1.54, 1.807) is 18.2 Å². The zero-order valence-electron chi connectivity index (χ0n) is 14.1. The van der Waals surface area contributed by atoms with Crippen molar-refractivity contribution >= 4 is 46.3 Å². The highest BCUT2D eigenvalue weighted by Crippen LogP contribution is 2.36. The van der Waals surface area contributed by atoms with Gasteiger partial charge in [0.05, 0.1) is 12.0 Å². The molecular weight excluding hydrogens is 362 g/mol. The first kappa shape index (κ1) is 19.3. The number of aliphatic carboxylic acids is 1. The number of rotatable bonds is 6. The third-order valence-corrected chi connectivity index (χ3v) is 4.95. The molecule has 0 aromatic heterocycles. The molecule has 1 aromatic carbocycles. The third-order valence-electron chi connectivity index (χ3n) is 3.62. The number of benzene rings is 1. The van der Waals surface area contributed by atoms with Gasteiger partial charge in [0, 0.05) is 0 Å². The van der Waals surface area contributed by atoms with Crippen LogP contribution in [0.4, 0.5) is 0 Å². The predicted octanol–water partition coefficient (Wildman–Crippen LogP) is 3.10. The Morgan fingerprint density at radius 1 is 1.44 bits per heavy atom. The highest BCUT2D eigenvalue weighted by atomic mass is 32.2. The van der Waals surface area contributed by atoms with Gasteiger partial charge in [0.15, 0.2) is 11.5 Å². The van der Waals surface area contributed by atoms with Crippen molar-refractivity contribution in [2.45, 2.75) is 26.3 Å². The second-order valence-corrected chi connectivity index (χ2v) is 7.64. The number of aromatic hydroxyl groups is 1. The van der Waals surface area contributed by atoms with E-state index in [2.05, 4.69) is 0 Å². The average molecular weight is 381 g/mol. The van der Waals surface area contributed by atoms with E-state index in [4.69, 9.17) is 17.0 Å². The molecule has 25 heavy (non-hydrogen) atoms. The van der Waals surface area contributed by atoms with Gasteiger partial charge in [-0.3, -0.25) is 9.69 Å². The molecule has 1 amide bonds. The summed E-state index contributed by atoms with van der Waals surface area (Å²) in [6.45, 7) is 3.79. The SMILES string of the molecule is COc1cc(/C=C2\SC(=S)N(C(CC(C)C)C(=O)O)C2=O)ccc1O. The zero-order valence-corrected chi connectivity index (χ0v) is 15.7. The van der Waals surface area contributed by atoms with E-state index >= 15 is 0 Å². The first-order valence-electron chi connectivity index (χ1n) is 7.61. The lowest BCUT2D eigenvalue weighted by molar-refractivity contribution is -0.145. The zero-order chi connectivity index (χ0) is 18.7. The minimum atomic E-state index is -1.07. The fraction of sp³-hybridized carbons (Fsp3) is 0.353. The van der Waals surface area contributed by atoms with E-state index < -0.39 is 17.9 Å². The second kappa shape index (κ2) is 7.88. The number of carbonyl (C=O) groups excluding carboxylic acids is 1. The highest BCUT2D eigenvalue weighted by molar-refractivity contribution is 8.26. The molecule has 134 valence electrons. The molecule has 1 fully saturated rings. The number of nitrogens with zero attached hydrogens (tertiary/aromatic N) is 1. The van der Waals surface area contributed by atoms with Crippen molar-refractivity contribution in [1.29, 1.82) is 0 Å². The molecule has 1 unspecified atom stereocenters. The van der Waals surface area contributed by atoms with Gasteiger partial charge in [-0.25, -0.2) is 4.79 Å². The molecule has 8 heteroatoms. The molecule has 6 nitrogen and oxygen atoms in total. The van der Waals surface area contributed by atoms with Gasteiger partial charge >= 0.3 is 5.97 Å². The number of carboxylic acids is 1. The summed E-state index contributed by atoms with van der Waals surface area (Å²) in [6, 6.07) is 3.70. The molecule has 1 aliphatic rings. The normalized spacial score (nSPS) is 17.4. The van der Waals surface area contributed by atoms with Crippen molar-refractivity contribution in [1.82, 2.24) is 4.90 Å². The van der Waals surface area contributed by atoms with Crippen molar-refractivity contribution in [2.75, 3.05) is 7.11 Å². The van der Waals surface area contributed by atoms with E-state index in [1.165, 1.54) is 18.1 Å².